The van der Waals surface area contributed by atoms with Crippen molar-refractivity contribution < 1.29 is 19.4 Å². The Balaban J connectivity index is 2.32. The molecule has 2 heterocycles. The first-order chi connectivity index (χ1) is 10.3. The van der Waals surface area contributed by atoms with Crippen LogP contribution in [0.2, 0.25) is 0 Å². The molecule has 0 amide bonds. The van der Waals surface area contributed by atoms with Gasteiger partial charge < -0.3 is 19.4 Å². The Bertz CT molecular complexity index is 511. The first-order valence-corrected chi connectivity index (χ1v) is 7.46. The van der Waals surface area contributed by atoms with Gasteiger partial charge in [0.1, 0.15) is 11.6 Å². The molecule has 2 rings (SSSR count). The van der Waals surface area contributed by atoms with Crippen LogP contribution in [0.3, 0.4) is 0 Å². The molecule has 2 aliphatic heterocycles. The minimum Gasteiger partial charge on any atom is -0.483 e. The molecule has 0 aliphatic carbocycles. The lowest BCUT2D eigenvalue weighted by molar-refractivity contribution is -0.0893. The van der Waals surface area contributed by atoms with Gasteiger partial charge in [0.2, 0.25) is 11.8 Å². The number of aliphatic hydroxyl groups is 1. The second-order valence-electron chi connectivity index (χ2n) is 6.28. The van der Waals surface area contributed by atoms with Crippen molar-refractivity contribution in [3.63, 3.8) is 0 Å². The number of hydrogen-bond acceptors (Lipinski definition) is 7. The van der Waals surface area contributed by atoms with Crippen molar-refractivity contribution in [3.8, 4) is 0 Å². The number of oxime groups is 1. The number of nitrogens with zero attached hydrogens (tertiary/aromatic N) is 3. The molecule has 0 fully saturated rings. The van der Waals surface area contributed by atoms with Gasteiger partial charge in [0.05, 0.1) is 19.9 Å². The van der Waals surface area contributed by atoms with Crippen LogP contribution in [0.5, 0.6) is 0 Å². The fraction of sp³-hybridized carbons (Fsp3) is 0.800. The predicted molar refractivity (Wildman–Crippen MR) is 84.5 cm³/mol. The lowest BCUT2D eigenvalue weighted by Crippen LogP contribution is -2.55. The van der Waals surface area contributed by atoms with E-state index in [0.717, 1.165) is 5.71 Å². The molecule has 2 aliphatic rings. The molecule has 0 radical (unpaired) electrons. The molecule has 0 spiro atoms. The molecule has 0 bridgehead atoms. The highest BCUT2D eigenvalue weighted by Crippen LogP contribution is 2.31. The Labute approximate surface area is 131 Å². The molecule has 0 aromatic carbocycles. The van der Waals surface area contributed by atoms with E-state index in [9.17, 15) is 5.11 Å². The monoisotopic (exact) mass is 311 g/mol. The maximum atomic E-state index is 11.0. The molecular formula is C15H25N3O4. The van der Waals surface area contributed by atoms with Crippen LogP contribution in [0.1, 0.15) is 34.1 Å². The van der Waals surface area contributed by atoms with Gasteiger partial charge in [0, 0.05) is 6.42 Å². The van der Waals surface area contributed by atoms with Crippen molar-refractivity contribution in [2.24, 2.45) is 21.1 Å². The molecule has 22 heavy (non-hydrogen) atoms. The van der Waals surface area contributed by atoms with Gasteiger partial charge in [-0.15, -0.1) is 0 Å². The van der Waals surface area contributed by atoms with E-state index in [1.54, 1.807) is 14.0 Å². The maximum absolute atomic E-state index is 11.0. The van der Waals surface area contributed by atoms with E-state index >= 15 is 0 Å². The normalized spacial score (nSPS) is 30.9. The van der Waals surface area contributed by atoms with E-state index in [1.165, 1.54) is 7.11 Å². The Hall–Kier alpha value is -1.63. The predicted octanol–water partition coefficient (Wildman–Crippen LogP) is 1.40. The summed E-state index contributed by atoms with van der Waals surface area (Å²) in [6.45, 7) is 7.59. The Morgan fingerprint density at radius 3 is 2.32 bits per heavy atom. The van der Waals surface area contributed by atoms with E-state index < -0.39 is 17.7 Å². The first-order valence-electron chi connectivity index (χ1n) is 7.46. The molecule has 0 aromatic rings. The fourth-order valence-corrected chi connectivity index (χ4v) is 2.66. The molecule has 0 aromatic heterocycles. The van der Waals surface area contributed by atoms with Crippen molar-refractivity contribution in [2.75, 3.05) is 14.2 Å². The SMILES string of the molecule is COC1=N[C@H](C(C)C)C(OC)=N[C@H]1[C@@](C)(O)[C@@H]1CC(C)=NO1. The topological polar surface area (TPSA) is 85.0 Å². The van der Waals surface area contributed by atoms with E-state index in [1.807, 2.05) is 20.8 Å². The Kier molecular flexibility index (Phi) is 4.75. The average molecular weight is 311 g/mol. The van der Waals surface area contributed by atoms with Gasteiger partial charge in [0.15, 0.2) is 12.1 Å². The summed E-state index contributed by atoms with van der Waals surface area (Å²) in [6, 6.07) is -0.900. The molecule has 7 heteroatoms. The summed E-state index contributed by atoms with van der Waals surface area (Å²) in [5.74, 6) is 1.09. The number of ether oxygens (including phenoxy) is 2. The van der Waals surface area contributed by atoms with Gasteiger partial charge in [0.25, 0.3) is 0 Å². The number of aliphatic imine (C=N–C) groups is 2. The maximum Gasteiger partial charge on any atom is 0.212 e. The fourth-order valence-electron chi connectivity index (χ4n) is 2.66. The second-order valence-corrected chi connectivity index (χ2v) is 6.28. The summed E-state index contributed by atoms with van der Waals surface area (Å²) in [5.41, 5.74) is -0.463. The quantitative estimate of drug-likeness (QED) is 0.853. The van der Waals surface area contributed by atoms with E-state index in [0.29, 0.717) is 18.2 Å². The van der Waals surface area contributed by atoms with Gasteiger partial charge in [-0.25, -0.2) is 9.98 Å². The zero-order valence-corrected chi connectivity index (χ0v) is 14.0. The highest BCUT2D eigenvalue weighted by atomic mass is 16.7. The summed E-state index contributed by atoms with van der Waals surface area (Å²) in [6.07, 6.45) is 0.0571. The average Bonchev–Trinajstić information content (AvgIpc) is 2.92. The number of hydrogen-bond donors (Lipinski definition) is 1. The van der Waals surface area contributed by atoms with Crippen LogP contribution >= 0.6 is 0 Å². The molecule has 124 valence electrons. The highest BCUT2D eigenvalue weighted by Gasteiger charge is 2.49. The van der Waals surface area contributed by atoms with Crippen molar-refractivity contribution in [1.29, 1.82) is 0 Å². The van der Waals surface area contributed by atoms with Crippen LogP contribution in [-0.2, 0) is 14.3 Å². The zero-order valence-electron chi connectivity index (χ0n) is 14.0. The first kappa shape index (κ1) is 16.7. The molecule has 4 atom stereocenters. The summed E-state index contributed by atoms with van der Waals surface area (Å²) in [5, 5.41) is 14.9. The van der Waals surface area contributed by atoms with Gasteiger partial charge in [-0.1, -0.05) is 19.0 Å². The molecule has 1 N–H and O–H groups in total. The van der Waals surface area contributed by atoms with Gasteiger partial charge in [-0.2, -0.15) is 0 Å². The second kappa shape index (κ2) is 6.24. The lowest BCUT2D eigenvalue weighted by Gasteiger charge is -2.36. The third kappa shape index (κ3) is 2.95. The zero-order chi connectivity index (χ0) is 16.5. The van der Waals surface area contributed by atoms with Crippen molar-refractivity contribution in [2.45, 2.75) is 57.9 Å². The van der Waals surface area contributed by atoms with E-state index in [4.69, 9.17) is 14.3 Å². The van der Waals surface area contributed by atoms with Crippen molar-refractivity contribution in [3.05, 3.63) is 0 Å². The molecule has 0 unspecified atom stereocenters. The number of rotatable bonds is 3. The van der Waals surface area contributed by atoms with Crippen LogP contribution in [0.25, 0.3) is 0 Å². The number of methoxy groups -OCH3 is 2. The highest BCUT2D eigenvalue weighted by molar-refractivity contribution is 5.95. The molecule has 7 nitrogen and oxygen atoms in total. The standard InChI is InChI=1S/C15H25N3O4/c1-8(2)11-13(20-5)17-12(14(16-11)21-6)15(4,19)10-7-9(3)18-22-10/h8,10-12,19H,7H2,1-6H3/t10-,11+,12+,15-/m0/s1. The minimum atomic E-state index is -1.30. The molecule has 0 saturated heterocycles. The van der Waals surface area contributed by atoms with Crippen LogP contribution in [-0.4, -0.2) is 60.6 Å². The largest absolute Gasteiger partial charge is 0.483 e. The van der Waals surface area contributed by atoms with E-state index in [-0.39, 0.29) is 12.0 Å². The Morgan fingerprint density at radius 2 is 1.86 bits per heavy atom. The Morgan fingerprint density at radius 1 is 1.23 bits per heavy atom. The summed E-state index contributed by atoms with van der Waals surface area (Å²) in [7, 11) is 3.09. The van der Waals surface area contributed by atoms with Crippen LogP contribution < -0.4 is 0 Å². The van der Waals surface area contributed by atoms with Crippen LogP contribution in [0, 0.1) is 5.92 Å². The van der Waals surface area contributed by atoms with Crippen molar-refractivity contribution in [1.82, 2.24) is 0 Å². The molecular weight excluding hydrogens is 286 g/mol. The molecule has 0 saturated carbocycles. The van der Waals surface area contributed by atoms with E-state index in [2.05, 4.69) is 15.1 Å². The lowest BCUT2D eigenvalue weighted by atomic mass is 9.86. The summed E-state index contributed by atoms with van der Waals surface area (Å²) < 4.78 is 10.8. The van der Waals surface area contributed by atoms with Gasteiger partial charge >= 0.3 is 0 Å². The summed E-state index contributed by atoms with van der Waals surface area (Å²) in [4.78, 5) is 14.5. The van der Waals surface area contributed by atoms with Gasteiger partial charge in [-0.3, -0.25) is 0 Å². The third-order valence-corrected chi connectivity index (χ3v) is 4.08. The smallest absolute Gasteiger partial charge is 0.212 e. The minimum absolute atomic E-state index is 0.211. The van der Waals surface area contributed by atoms with Crippen molar-refractivity contribution >= 4 is 17.5 Å². The third-order valence-electron chi connectivity index (χ3n) is 4.08. The van der Waals surface area contributed by atoms with Gasteiger partial charge in [-0.05, 0) is 19.8 Å². The summed E-state index contributed by atoms with van der Waals surface area (Å²) >= 11 is 0. The van der Waals surface area contributed by atoms with Crippen LogP contribution in [0.4, 0.5) is 0 Å². The van der Waals surface area contributed by atoms with Crippen LogP contribution in [0.15, 0.2) is 15.1 Å².